The van der Waals surface area contributed by atoms with Crippen molar-refractivity contribution in [1.29, 1.82) is 0 Å². The Hall–Kier alpha value is -4.30. The predicted molar refractivity (Wildman–Crippen MR) is 201 cm³/mol. The molecule has 48 heavy (non-hydrogen) atoms. The molecule has 11 rings (SSSR count). The predicted octanol–water partition coefficient (Wildman–Crippen LogP) is 12.8. The number of fused-ring (bicyclic) bond motifs is 3. The van der Waals surface area contributed by atoms with Gasteiger partial charge in [-0.05, 0) is 146 Å². The van der Waals surface area contributed by atoms with Gasteiger partial charge in [-0.1, -0.05) is 86.0 Å². The first-order valence-electron chi connectivity index (χ1n) is 18.8. The van der Waals surface area contributed by atoms with Crippen molar-refractivity contribution < 1.29 is 0 Å². The third-order valence-electron chi connectivity index (χ3n) is 12.9. The molecule has 0 unspecified atom stereocenters. The molecular weight excluding hydrogens is 581 g/mol. The summed E-state index contributed by atoms with van der Waals surface area (Å²) in [4.78, 5) is 2.50. The van der Waals surface area contributed by atoms with Crippen LogP contribution in [0.3, 0.4) is 0 Å². The van der Waals surface area contributed by atoms with Crippen molar-refractivity contribution in [2.45, 2.75) is 82.0 Å². The highest BCUT2D eigenvalue weighted by molar-refractivity contribution is 6.10. The molecule has 4 bridgehead atoms. The molecular formula is C46H46N2. The molecule has 2 heteroatoms. The Balaban J connectivity index is 1.10. The minimum absolute atomic E-state index is 0.412. The van der Waals surface area contributed by atoms with Crippen molar-refractivity contribution in [1.82, 2.24) is 4.57 Å². The highest BCUT2D eigenvalue weighted by atomic mass is 15.1. The van der Waals surface area contributed by atoms with Gasteiger partial charge in [-0.3, -0.25) is 0 Å². The number of hydrogen-bond acceptors (Lipinski definition) is 1. The fourth-order valence-electron chi connectivity index (χ4n) is 11.2. The average molecular weight is 627 g/mol. The fourth-order valence-corrected chi connectivity index (χ4v) is 11.2. The van der Waals surface area contributed by atoms with Crippen LogP contribution in [0.1, 0.15) is 87.7 Å². The summed E-state index contributed by atoms with van der Waals surface area (Å²) in [7, 11) is 0. The van der Waals surface area contributed by atoms with Crippen molar-refractivity contribution in [3.8, 4) is 5.69 Å². The van der Waals surface area contributed by atoms with Gasteiger partial charge < -0.3 is 9.47 Å². The van der Waals surface area contributed by atoms with E-state index in [1.165, 1.54) is 121 Å². The van der Waals surface area contributed by atoms with E-state index in [0.717, 1.165) is 17.8 Å². The zero-order valence-electron chi connectivity index (χ0n) is 28.0. The van der Waals surface area contributed by atoms with Gasteiger partial charge in [0, 0.05) is 33.5 Å². The zero-order valence-corrected chi connectivity index (χ0v) is 28.0. The number of anilines is 3. The van der Waals surface area contributed by atoms with E-state index in [1.54, 1.807) is 5.56 Å². The molecule has 0 saturated heterocycles. The lowest BCUT2D eigenvalue weighted by Crippen LogP contribution is -2.48. The van der Waals surface area contributed by atoms with Crippen molar-refractivity contribution in [3.05, 3.63) is 132 Å². The first-order valence-corrected chi connectivity index (χ1v) is 18.8. The molecule has 0 amide bonds. The maximum Gasteiger partial charge on any atom is 0.0561 e. The Morgan fingerprint density at radius 1 is 0.521 bits per heavy atom. The van der Waals surface area contributed by atoms with E-state index >= 15 is 0 Å². The second-order valence-corrected chi connectivity index (χ2v) is 15.9. The minimum atomic E-state index is 0.412. The maximum absolute atomic E-state index is 2.51. The van der Waals surface area contributed by atoms with Gasteiger partial charge in [0.25, 0.3) is 0 Å². The Labute approximate surface area is 285 Å². The minimum Gasteiger partial charge on any atom is -0.310 e. The Morgan fingerprint density at radius 3 is 1.79 bits per heavy atom. The second kappa shape index (κ2) is 11.4. The molecule has 5 aliphatic rings. The Kier molecular flexibility index (Phi) is 6.81. The van der Waals surface area contributed by atoms with Gasteiger partial charge in [-0.2, -0.15) is 0 Å². The lowest BCUT2D eigenvalue weighted by Gasteiger charge is -2.57. The Morgan fingerprint density at radius 2 is 1.10 bits per heavy atom. The molecule has 5 fully saturated rings. The van der Waals surface area contributed by atoms with Crippen LogP contribution in [-0.2, 0) is 5.41 Å². The topological polar surface area (TPSA) is 8.17 Å². The number of hydrogen-bond donors (Lipinski definition) is 0. The molecule has 6 aromatic rings. The summed E-state index contributed by atoms with van der Waals surface area (Å²) in [6.45, 7) is 0. The quantitative estimate of drug-likeness (QED) is 0.179. The summed E-state index contributed by atoms with van der Waals surface area (Å²) >= 11 is 0. The molecule has 0 aliphatic heterocycles. The van der Waals surface area contributed by atoms with Gasteiger partial charge in [-0.15, -0.1) is 0 Å². The van der Waals surface area contributed by atoms with E-state index in [0.29, 0.717) is 11.3 Å². The maximum atomic E-state index is 2.51. The SMILES string of the molecule is c1ccc(-n2c3ccccc3c3ccc(N(c4ccc(C5CCCCC5)cc4)c4ccc(C56CC7CC(CC(C7)C5)C6)cc4)cc32)cc1. The van der Waals surface area contributed by atoms with Crippen molar-refractivity contribution in [3.63, 3.8) is 0 Å². The molecule has 0 spiro atoms. The lowest BCUT2D eigenvalue weighted by atomic mass is 9.48. The number of aromatic nitrogens is 1. The average Bonchev–Trinajstić information content (AvgIpc) is 3.46. The van der Waals surface area contributed by atoms with E-state index in [4.69, 9.17) is 0 Å². The summed E-state index contributed by atoms with van der Waals surface area (Å²) < 4.78 is 2.44. The zero-order chi connectivity index (χ0) is 31.7. The van der Waals surface area contributed by atoms with Crippen molar-refractivity contribution >= 4 is 38.9 Å². The van der Waals surface area contributed by atoms with Crippen LogP contribution in [0.2, 0.25) is 0 Å². The molecule has 2 nitrogen and oxygen atoms in total. The van der Waals surface area contributed by atoms with Crippen LogP contribution in [0.15, 0.2) is 121 Å². The monoisotopic (exact) mass is 626 g/mol. The van der Waals surface area contributed by atoms with Gasteiger partial charge in [0.2, 0.25) is 0 Å². The van der Waals surface area contributed by atoms with Gasteiger partial charge in [0.05, 0.1) is 11.0 Å². The lowest BCUT2D eigenvalue weighted by molar-refractivity contribution is -0.00518. The normalized spacial score (nSPS) is 25.2. The van der Waals surface area contributed by atoms with Gasteiger partial charge in [0.15, 0.2) is 0 Å². The molecule has 1 aromatic heterocycles. The summed E-state index contributed by atoms with van der Waals surface area (Å²) in [6, 6.07) is 46.3. The van der Waals surface area contributed by atoms with E-state index < -0.39 is 0 Å². The van der Waals surface area contributed by atoms with Gasteiger partial charge in [-0.25, -0.2) is 0 Å². The molecule has 0 atom stereocenters. The molecule has 5 aromatic carbocycles. The molecule has 0 radical (unpaired) electrons. The Bertz CT molecular complexity index is 2040. The second-order valence-electron chi connectivity index (χ2n) is 15.9. The molecule has 0 N–H and O–H groups in total. The highest BCUT2D eigenvalue weighted by Gasteiger charge is 2.51. The third-order valence-corrected chi connectivity index (χ3v) is 12.9. The number of benzene rings is 5. The van der Waals surface area contributed by atoms with Crippen LogP contribution >= 0.6 is 0 Å². The van der Waals surface area contributed by atoms with E-state index in [9.17, 15) is 0 Å². The van der Waals surface area contributed by atoms with Crippen molar-refractivity contribution in [2.75, 3.05) is 4.90 Å². The van der Waals surface area contributed by atoms with Gasteiger partial charge in [0.1, 0.15) is 0 Å². The molecule has 1 heterocycles. The van der Waals surface area contributed by atoms with Gasteiger partial charge >= 0.3 is 0 Å². The van der Waals surface area contributed by atoms with Crippen LogP contribution in [0.25, 0.3) is 27.5 Å². The van der Waals surface area contributed by atoms with Crippen LogP contribution < -0.4 is 4.90 Å². The van der Waals surface area contributed by atoms with Crippen LogP contribution in [0.4, 0.5) is 17.1 Å². The van der Waals surface area contributed by atoms with Crippen LogP contribution in [0, 0.1) is 17.8 Å². The summed E-state index contributed by atoms with van der Waals surface area (Å²) in [5, 5.41) is 2.59. The molecule has 5 aliphatic carbocycles. The molecule has 5 saturated carbocycles. The first kappa shape index (κ1) is 28.7. The van der Waals surface area contributed by atoms with Crippen molar-refractivity contribution in [2.24, 2.45) is 17.8 Å². The summed E-state index contributed by atoms with van der Waals surface area (Å²) in [6.07, 6.45) is 15.5. The summed E-state index contributed by atoms with van der Waals surface area (Å²) in [5.41, 5.74) is 10.9. The van der Waals surface area contributed by atoms with E-state index in [2.05, 4.69) is 131 Å². The van der Waals surface area contributed by atoms with E-state index in [-0.39, 0.29) is 0 Å². The standard InChI is InChI=1S/C46H46N2/c1-3-9-35(10-4-1)36-15-19-39(20-16-36)47(40-21-17-37(18-22-40)46-29-32-25-33(30-46)27-34(26-32)31-46)41-23-24-43-42-13-7-8-14-44(42)48(45(43)28-41)38-11-5-2-6-12-38/h2,5-8,11-24,28,32-35H,1,3-4,9-10,25-27,29-31H2. The largest absolute Gasteiger partial charge is 0.310 e. The number of rotatable bonds is 6. The first-order chi connectivity index (χ1) is 23.7. The number of para-hydroxylation sites is 2. The smallest absolute Gasteiger partial charge is 0.0561 e. The highest BCUT2D eigenvalue weighted by Crippen LogP contribution is 2.61. The number of nitrogens with zero attached hydrogens (tertiary/aromatic N) is 2. The fraction of sp³-hybridized carbons (Fsp3) is 0.348. The van der Waals surface area contributed by atoms with Crippen LogP contribution in [-0.4, -0.2) is 4.57 Å². The molecule has 240 valence electrons. The van der Waals surface area contributed by atoms with Crippen LogP contribution in [0.5, 0.6) is 0 Å². The third kappa shape index (κ3) is 4.74. The summed E-state index contributed by atoms with van der Waals surface area (Å²) in [5.74, 6) is 3.58. The van der Waals surface area contributed by atoms with E-state index in [1.807, 2.05) is 0 Å².